The quantitative estimate of drug-likeness (QED) is 0.447. The van der Waals surface area contributed by atoms with Crippen LogP contribution in [0.2, 0.25) is 0 Å². The van der Waals surface area contributed by atoms with Gasteiger partial charge in [0.25, 0.3) is 11.5 Å². The number of ether oxygens (including phenoxy) is 1. The highest BCUT2D eigenvalue weighted by Crippen LogP contribution is 2.14. The van der Waals surface area contributed by atoms with Crippen LogP contribution in [0, 0.1) is 0 Å². The van der Waals surface area contributed by atoms with Crippen LogP contribution in [0.5, 0.6) is 5.75 Å². The van der Waals surface area contributed by atoms with Gasteiger partial charge in [0.1, 0.15) is 5.75 Å². The van der Waals surface area contributed by atoms with Crippen molar-refractivity contribution in [1.29, 1.82) is 0 Å². The molecule has 0 saturated heterocycles. The average molecular weight is 442 g/mol. The lowest BCUT2D eigenvalue weighted by molar-refractivity contribution is -0.121. The topological polar surface area (TPSA) is 102 Å². The molecule has 0 radical (unpaired) electrons. The highest BCUT2D eigenvalue weighted by atomic mass is 16.5. The summed E-state index contributed by atoms with van der Waals surface area (Å²) in [6.07, 6.45) is 0.0547. The van der Waals surface area contributed by atoms with E-state index in [1.165, 1.54) is 4.68 Å². The molecule has 166 valence electrons. The van der Waals surface area contributed by atoms with Gasteiger partial charge in [0.15, 0.2) is 5.69 Å². The van der Waals surface area contributed by atoms with Gasteiger partial charge < -0.3 is 4.74 Å². The van der Waals surface area contributed by atoms with E-state index in [4.69, 9.17) is 4.74 Å². The van der Waals surface area contributed by atoms with E-state index in [9.17, 15) is 14.4 Å². The van der Waals surface area contributed by atoms with Crippen molar-refractivity contribution >= 4 is 22.6 Å². The van der Waals surface area contributed by atoms with Gasteiger partial charge in [-0.15, -0.1) is 0 Å². The van der Waals surface area contributed by atoms with E-state index in [1.54, 1.807) is 55.6 Å². The zero-order chi connectivity index (χ0) is 23.2. The summed E-state index contributed by atoms with van der Waals surface area (Å²) in [7, 11) is 1.55. The molecule has 0 atom stereocenters. The largest absolute Gasteiger partial charge is 0.497 e. The minimum Gasteiger partial charge on any atom is -0.497 e. The Hall–Kier alpha value is -4.46. The number of rotatable bonds is 6. The summed E-state index contributed by atoms with van der Waals surface area (Å²) in [5.41, 5.74) is 6.17. The Morgan fingerprint density at radius 3 is 2.33 bits per heavy atom. The zero-order valence-electron chi connectivity index (χ0n) is 17.9. The molecule has 0 saturated carbocycles. The number of hydrogen-bond acceptors (Lipinski definition) is 5. The summed E-state index contributed by atoms with van der Waals surface area (Å²) in [6, 6.07) is 23.2. The van der Waals surface area contributed by atoms with Crippen molar-refractivity contribution in [2.75, 3.05) is 7.11 Å². The maximum absolute atomic E-state index is 12.9. The smallest absolute Gasteiger partial charge is 0.290 e. The molecular formula is C25H22N4O4. The summed E-state index contributed by atoms with van der Waals surface area (Å²) in [4.78, 5) is 38.2. The zero-order valence-corrected chi connectivity index (χ0v) is 17.9. The number of carbonyl (C=O) groups excluding carboxylic acids is 2. The Morgan fingerprint density at radius 1 is 0.879 bits per heavy atom. The Morgan fingerprint density at radius 2 is 1.58 bits per heavy atom. The normalized spacial score (nSPS) is 10.6. The number of fused-ring (bicyclic) bond motifs is 1. The Balaban J connectivity index is 1.55. The molecule has 8 nitrogen and oxygen atoms in total. The second-order valence-electron chi connectivity index (χ2n) is 7.37. The maximum Gasteiger partial charge on any atom is 0.290 e. The van der Waals surface area contributed by atoms with Crippen molar-refractivity contribution in [2.24, 2.45) is 0 Å². The molecule has 2 amide bonds. The third kappa shape index (κ3) is 5.07. The molecule has 3 aromatic carbocycles. The Kier molecular flexibility index (Phi) is 6.45. The first kappa shape index (κ1) is 21.8. The summed E-state index contributed by atoms with van der Waals surface area (Å²) >= 11 is 0. The molecule has 8 heteroatoms. The molecule has 0 aliphatic heterocycles. The highest BCUT2D eigenvalue weighted by Gasteiger charge is 2.17. The van der Waals surface area contributed by atoms with Crippen LogP contribution in [0.3, 0.4) is 0 Å². The maximum atomic E-state index is 12.9. The molecule has 0 aliphatic rings. The molecule has 4 aromatic rings. The first-order valence-corrected chi connectivity index (χ1v) is 10.3. The van der Waals surface area contributed by atoms with E-state index >= 15 is 0 Å². The second-order valence-corrected chi connectivity index (χ2v) is 7.37. The Bertz CT molecular complexity index is 1370. The monoisotopic (exact) mass is 442 g/mol. The van der Waals surface area contributed by atoms with Crippen molar-refractivity contribution in [3.63, 3.8) is 0 Å². The number of nitrogens with one attached hydrogen (secondary N) is 2. The molecule has 0 fully saturated rings. The van der Waals surface area contributed by atoms with Crippen molar-refractivity contribution in [2.45, 2.75) is 13.0 Å². The van der Waals surface area contributed by atoms with Gasteiger partial charge in [0.2, 0.25) is 5.91 Å². The standard InChI is InChI=1S/C25H22N4O4/c1-33-19-11-7-10-18(14-19)15-22(30)26-27-24(31)23-20-12-5-6-13-21(20)25(32)29(28-23)16-17-8-3-2-4-9-17/h2-14H,15-16H2,1H3,(H,26,30)(H,27,31). The van der Waals surface area contributed by atoms with Crippen LogP contribution in [0.15, 0.2) is 83.7 Å². The first-order valence-electron chi connectivity index (χ1n) is 10.3. The predicted octanol–water partition coefficient (Wildman–Crippen LogP) is 2.46. The third-order valence-corrected chi connectivity index (χ3v) is 5.07. The summed E-state index contributed by atoms with van der Waals surface area (Å²) in [5.74, 6) is -0.383. The van der Waals surface area contributed by atoms with Crippen LogP contribution >= 0.6 is 0 Å². The van der Waals surface area contributed by atoms with Gasteiger partial charge in [-0.25, -0.2) is 4.68 Å². The van der Waals surface area contributed by atoms with E-state index in [0.29, 0.717) is 16.5 Å². The summed E-state index contributed by atoms with van der Waals surface area (Å²) < 4.78 is 6.41. The van der Waals surface area contributed by atoms with Crippen LogP contribution in [0.4, 0.5) is 0 Å². The van der Waals surface area contributed by atoms with Gasteiger partial charge in [-0.3, -0.25) is 25.2 Å². The number of hydrogen-bond donors (Lipinski definition) is 2. The van der Waals surface area contributed by atoms with Gasteiger partial charge >= 0.3 is 0 Å². The lowest BCUT2D eigenvalue weighted by Crippen LogP contribution is -2.43. The first-order chi connectivity index (χ1) is 16.0. The van der Waals surface area contributed by atoms with E-state index in [0.717, 1.165) is 11.1 Å². The van der Waals surface area contributed by atoms with Crippen LogP contribution in [0.25, 0.3) is 10.8 Å². The van der Waals surface area contributed by atoms with Crippen LogP contribution in [-0.2, 0) is 17.8 Å². The van der Waals surface area contributed by atoms with E-state index in [-0.39, 0.29) is 24.2 Å². The van der Waals surface area contributed by atoms with Gasteiger partial charge in [-0.2, -0.15) is 5.10 Å². The number of carbonyl (C=O) groups is 2. The van der Waals surface area contributed by atoms with Gasteiger partial charge in [-0.05, 0) is 29.3 Å². The summed E-state index contributed by atoms with van der Waals surface area (Å²) in [5, 5.41) is 5.08. The fourth-order valence-corrected chi connectivity index (χ4v) is 3.46. The molecule has 0 aliphatic carbocycles. The number of amides is 2. The van der Waals surface area contributed by atoms with Gasteiger partial charge in [-0.1, -0.05) is 60.7 Å². The van der Waals surface area contributed by atoms with Crippen molar-refractivity contribution in [3.05, 3.63) is 106 Å². The lowest BCUT2D eigenvalue weighted by atomic mass is 10.1. The van der Waals surface area contributed by atoms with Crippen LogP contribution in [-0.4, -0.2) is 28.7 Å². The average Bonchev–Trinajstić information content (AvgIpc) is 2.85. The number of hydrazine groups is 1. The number of methoxy groups -OCH3 is 1. The number of benzene rings is 3. The van der Waals surface area contributed by atoms with Crippen molar-refractivity contribution in [3.8, 4) is 5.75 Å². The molecule has 1 heterocycles. The van der Waals surface area contributed by atoms with Crippen LogP contribution < -0.4 is 21.1 Å². The minimum absolute atomic E-state index is 0.0443. The van der Waals surface area contributed by atoms with Gasteiger partial charge in [0.05, 0.1) is 25.5 Å². The lowest BCUT2D eigenvalue weighted by Gasteiger charge is -2.12. The van der Waals surface area contributed by atoms with E-state index < -0.39 is 11.8 Å². The molecule has 1 aromatic heterocycles. The molecule has 0 unspecified atom stereocenters. The minimum atomic E-state index is -0.619. The van der Waals surface area contributed by atoms with Crippen molar-refractivity contribution in [1.82, 2.24) is 20.6 Å². The third-order valence-electron chi connectivity index (χ3n) is 5.07. The molecule has 2 N–H and O–H groups in total. The number of nitrogens with zero attached hydrogens (tertiary/aromatic N) is 2. The van der Waals surface area contributed by atoms with E-state index in [2.05, 4.69) is 16.0 Å². The van der Waals surface area contributed by atoms with Gasteiger partial charge in [0, 0.05) is 5.39 Å². The van der Waals surface area contributed by atoms with E-state index in [1.807, 2.05) is 30.3 Å². The molecule has 0 bridgehead atoms. The SMILES string of the molecule is COc1cccc(CC(=O)NNC(=O)c2nn(Cc3ccccc3)c(=O)c3ccccc23)c1. The number of aromatic nitrogens is 2. The highest BCUT2D eigenvalue weighted by molar-refractivity contribution is 6.05. The molecule has 0 spiro atoms. The molecular weight excluding hydrogens is 420 g/mol. The fourth-order valence-electron chi connectivity index (χ4n) is 3.46. The Labute approximate surface area is 189 Å². The second kappa shape index (κ2) is 9.78. The summed E-state index contributed by atoms with van der Waals surface area (Å²) in [6.45, 7) is 0.215. The fraction of sp³-hybridized carbons (Fsp3) is 0.120. The predicted molar refractivity (Wildman–Crippen MR) is 124 cm³/mol. The van der Waals surface area contributed by atoms with Crippen LogP contribution in [0.1, 0.15) is 21.6 Å². The van der Waals surface area contributed by atoms with Crippen molar-refractivity contribution < 1.29 is 14.3 Å². The molecule has 33 heavy (non-hydrogen) atoms. The molecule has 4 rings (SSSR count).